The van der Waals surface area contributed by atoms with Crippen LogP contribution in [-0.2, 0) is 16.5 Å². The highest BCUT2D eigenvalue weighted by Gasteiger charge is 2.15. The number of halogens is 1. The average molecular weight is 348 g/mol. The summed E-state index contributed by atoms with van der Waals surface area (Å²) in [5.74, 6) is 0.687. The number of hydrogen-bond donors (Lipinski definition) is 0. The molecule has 2 rings (SSSR count). The Morgan fingerprint density at radius 3 is 2.46 bits per heavy atom. The molecule has 0 saturated heterocycles. The van der Waals surface area contributed by atoms with E-state index in [1.54, 1.807) is 35.0 Å². The Bertz CT molecular complexity index is 850. The first-order valence-corrected chi connectivity index (χ1v) is 9.50. The van der Waals surface area contributed by atoms with E-state index in [0.29, 0.717) is 11.5 Å². The third-order valence-corrected chi connectivity index (χ3v) is 4.70. The van der Waals surface area contributed by atoms with Gasteiger partial charge in [-0.3, -0.25) is 0 Å². The molecule has 0 aliphatic heterocycles. The molecule has 0 amide bonds. The summed E-state index contributed by atoms with van der Waals surface area (Å²) in [6.45, 7) is 3.26. The number of alkyl halides is 1. The molecule has 2 aromatic rings. The molecule has 0 N–H and O–H groups in total. The molecule has 0 aliphatic rings. The van der Waals surface area contributed by atoms with Gasteiger partial charge in [0.1, 0.15) is 12.5 Å². The Morgan fingerprint density at radius 2 is 1.92 bits per heavy atom. The molecule has 0 bridgehead atoms. The maximum atomic E-state index is 13.0. The predicted octanol–water partition coefficient (Wildman–Crippen LogP) is 3.98. The lowest BCUT2D eigenvalue weighted by atomic mass is 10.1. The van der Waals surface area contributed by atoms with Crippen molar-refractivity contribution in [2.24, 2.45) is 0 Å². The molecular weight excluding hydrogens is 327 g/mol. The summed E-state index contributed by atoms with van der Waals surface area (Å²) >= 11 is 0. The van der Waals surface area contributed by atoms with Crippen molar-refractivity contribution < 1.29 is 12.8 Å². The Kier molecular flexibility index (Phi) is 5.72. The molecule has 24 heavy (non-hydrogen) atoms. The van der Waals surface area contributed by atoms with Gasteiger partial charge in [0.05, 0.1) is 10.6 Å². The summed E-state index contributed by atoms with van der Waals surface area (Å²) in [4.78, 5) is 4.60. The summed E-state index contributed by atoms with van der Waals surface area (Å²) in [6.07, 6.45) is 10.6. The Balaban J connectivity index is 2.44. The Morgan fingerprint density at radius 1 is 1.25 bits per heavy atom. The van der Waals surface area contributed by atoms with Gasteiger partial charge in [0, 0.05) is 24.1 Å². The van der Waals surface area contributed by atoms with Crippen molar-refractivity contribution in [3.63, 3.8) is 0 Å². The molecule has 1 unspecified atom stereocenters. The predicted molar refractivity (Wildman–Crippen MR) is 93.9 cm³/mol. The first-order chi connectivity index (χ1) is 11.4. The van der Waals surface area contributed by atoms with E-state index in [1.807, 2.05) is 38.2 Å². The highest BCUT2D eigenvalue weighted by molar-refractivity contribution is 7.90. The first kappa shape index (κ1) is 18.1. The molecule has 1 heterocycles. The van der Waals surface area contributed by atoms with Gasteiger partial charge in [-0.25, -0.2) is 17.8 Å². The molecule has 4 nitrogen and oxygen atoms in total. The number of aromatic nitrogens is 2. The van der Waals surface area contributed by atoms with Crippen molar-refractivity contribution in [1.29, 1.82) is 0 Å². The van der Waals surface area contributed by atoms with Gasteiger partial charge in [-0.05, 0) is 31.2 Å². The van der Waals surface area contributed by atoms with E-state index in [9.17, 15) is 12.8 Å². The fourth-order valence-corrected chi connectivity index (χ4v) is 2.95. The third-order valence-electron chi connectivity index (χ3n) is 3.57. The van der Waals surface area contributed by atoms with Gasteiger partial charge < -0.3 is 4.57 Å². The monoisotopic (exact) mass is 348 g/mol. The van der Waals surface area contributed by atoms with Crippen molar-refractivity contribution in [3.8, 4) is 5.69 Å². The van der Waals surface area contributed by atoms with Crippen molar-refractivity contribution >= 4 is 9.84 Å². The molecule has 0 spiro atoms. The number of allylic oxidation sites excluding steroid dienone is 4. The van der Waals surface area contributed by atoms with E-state index in [2.05, 4.69) is 4.98 Å². The lowest BCUT2D eigenvalue weighted by Crippen LogP contribution is -2.04. The molecule has 0 radical (unpaired) electrons. The van der Waals surface area contributed by atoms with E-state index in [1.165, 1.54) is 6.26 Å². The molecule has 0 aliphatic carbocycles. The van der Waals surface area contributed by atoms with Gasteiger partial charge in [0.2, 0.25) is 0 Å². The summed E-state index contributed by atoms with van der Waals surface area (Å²) in [6, 6.07) is 6.49. The molecule has 0 saturated carbocycles. The zero-order chi connectivity index (χ0) is 17.7. The smallest absolute Gasteiger partial charge is 0.175 e. The molecule has 128 valence electrons. The van der Waals surface area contributed by atoms with E-state index in [-0.39, 0.29) is 10.8 Å². The van der Waals surface area contributed by atoms with E-state index in [0.717, 1.165) is 5.69 Å². The minimum absolute atomic E-state index is 0.0175. The summed E-state index contributed by atoms with van der Waals surface area (Å²) in [7, 11) is -3.25. The van der Waals surface area contributed by atoms with Crippen LogP contribution in [0.3, 0.4) is 0 Å². The highest BCUT2D eigenvalue weighted by Crippen LogP contribution is 2.23. The maximum absolute atomic E-state index is 13.0. The van der Waals surface area contributed by atoms with Crippen molar-refractivity contribution in [2.45, 2.75) is 31.3 Å². The third kappa shape index (κ3) is 4.20. The van der Waals surface area contributed by atoms with Crippen LogP contribution >= 0.6 is 0 Å². The van der Waals surface area contributed by atoms with Crippen LogP contribution < -0.4 is 0 Å². The van der Waals surface area contributed by atoms with Crippen LogP contribution in [-0.4, -0.2) is 24.2 Å². The first-order valence-electron chi connectivity index (χ1n) is 7.61. The van der Waals surface area contributed by atoms with Crippen LogP contribution in [0.25, 0.3) is 5.69 Å². The van der Waals surface area contributed by atoms with E-state index < -0.39 is 16.5 Å². The quantitative estimate of drug-likeness (QED) is 0.742. The maximum Gasteiger partial charge on any atom is 0.175 e. The number of benzene rings is 1. The van der Waals surface area contributed by atoms with Gasteiger partial charge in [-0.1, -0.05) is 31.2 Å². The second kappa shape index (κ2) is 7.57. The number of nitrogens with zero attached hydrogens (tertiary/aromatic N) is 2. The fraction of sp³-hybridized carbons (Fsp3) is 0.278. The van der Waals surface area contributed by atoms with Gasteiger partial charge in [0.15, 0.2) is 9.84 Å². The van der Waals surface area contributed by atoms with E-state index >= 15 is 0 Å². The van der Waals surface area contributed by atoms with Crippen molar-refractivity contribution in [1.82, 2.24) is 9.55 Å². The number of rotatable bonds is 6. The van der Waals surface area contributed by atoms with Crippen molar-refractivity contribution in [2.75, 3.05) is 6.26 Å². The topological polar surface area (TPSA) is 52.0 Å². The fourth-order valence-electron chi connectivity index (χ4n) is 2.32. The molecule has 1 aromatic carbocycles. The highest BCUT2D eigenvalue weighted by atomic mass is 32.2. The second-order valence-corrected chi connectivity index (χ2v) is 7.58. The second-order valence-electron chi connectivity index (χ2n) is 5.56. The average Bonchev–Trinajstić information content (AvgIpc) is 2.99. The van der Waals surface area contributed by atoms with Gasteiger partial charge in [-0.15, -0.1) is 0 Å². The number of hydrogen-bond acceptors (Lipinski definition) is 3. The van der Waals surface area contributed by atoms with Crippen LogP contribution in [0.5, 0.6) is 0 Å². The number of sulfone groups is 1. The Hall–Kier alpha value is -2.21. The minimum atomic E-state index is -3.25. The van der Waals surface area contributed by atoms with Gasteiger partial charge in [-0.2, -0.15) is 0 Å². The lowest BCUT2D eigenvalue weighted by molar-refractivity contribution is 0.476. The zero-order valence-electron chi connectivity index (χ0n) is 14.0. The van der Waals surface area contributed by atoms with Crippen molar-refractivity contribution in [3.05, 3.63) is 66.3 Å². The molecule has 6 heteroatoms. The minimum Gasteiger partial charge on any atom is -0.303 e. The largest absolute Gasteiger partial charge is 0.303 e. The zero-order valence-corrected chi connectivity index (χ0v) is 14.8. The SMILES string of the molecule is C/C=C\C=C/C(C)c1nc(CF)cn1-c1ccc(S(C)(=O)=O)cc1. The summed E-state index contributed by atoms with van der Waals surface area (Å²) < 4.78 is 38.0. The normalized spacial score (nSPS) is 13.8. The number of imidazole rings is 1. The van der Waals surface area contributed by atoms with Crippen LogP contribution in [0.4, 0.5) is 4.39 Å². The van der Waals surface area contributed by atoms with Gasteiger partial charge in [0.25, 0.3) is 0 Å². The van der Waals surface area contributed by atoms with Crippen LogP contribution in [0.1, 0.15) is 31.3 Å². The summed E-state index contributed by atoms with van der Waals surface area (Å²) in [5, 5.41) is 0. The van der Waals surface area contributed by atoms with Crippen LogP contribution in [0.15, 0.2) is 59.7 Å². The lowest BCUT2D eigenvalue weighted by Gasteiger charge is -2.11. The van der Waals surface area contributed by atoms with E-state index in [4.69, 9.17) is 0 Å². The molecule has 1 atom stereocenters. The Labute approximate surface area is 142 Å². The van der Waals surface area contributed by atoms with Crippen LogP contribution in [0.2, 0.25) is 0 Å². The molecule has 0 fully saturated rings. The van der Waals surface area contributed by atoms with Gasteiger partial charge >= 0.3 is 0 Å². The molecule has 1 aromatic heterocycles. The summed E-state index contributed by atoms with van der Waals surface area (Å²) in [5.41, 5.74) is 1.10. The standard InChI is InChI=1S/C18H21FN2O2S/c1-4-5-6-7-14(2)18-20-15(12-19)13-21(18)16-8-10-17(11-9-16)24(3,22)23/h4-11,13-14H,12H2,1-3H3/b5-4-,7-6-. The molecular formula is C18H21FN2O2S. The van der Waals surface area contributed by atoms with Crippen LogP contribution in [0, 0.1) is 0 Å².